The zero-order valence-corrected chi connectivity index (χ0v) is 30.6. The molecule has 12 rings (SSSR count). The molecule has 0 aliphatic heterocycles. The Morgan fingerprint density at radius 2 is 1.04 bits per heavy atom. The zero-order chi connectivity index (χ0) is 36.7. The van der Waals surface area contributed by atoms with Gasteiger partial charge in [0.15, 0.2) is 0 Å². The summed E-state index contributed by atoms with van der Waals surface area (Å²) in [6.07, 6.45) is 6.45. The standard InChI is InChI=1S/C52H35N3O/c1-2-16-36(17-3-1)53-44-22-10-7-19-40(44)51-45(53)23-12-24-46(51)55(47-25-13-27-50-52(47)41-20-8-11-26-49(41)56-50)38-30-28-37(29-31-38)54-43-21-9-6-18-39(43)42-32-34-14-4-5-15-35(34)33-48(42)54/h1-28,30,32-33H,29,31H2. The minimum Gasteiger partial charge on any atom is -0.456 e. The number of furan rings is 1. The zero-order valence-electron chi connectivity index (χ0n) is 30.6. The molecule has 4 heteroatoms. The van der Waals surface area contributed by atoms with Crippen LogP contribution in [0.15, 0.2) is 198 Å². The van der Waals surface area contributed by atoms with E-state index in [9.17, 15) is 0 Å². The Morgan fingerprint density at radius 1 is 0.411 bits per heavy atom. The van der Waals surface area contributed by atoms with Gasteiger partial charge in [0.2, 0.25) is 0 Å². The van der Waals surface area contributed by atoms with Crippen LogP contribution in [0.2, 0.25) is 0 Å². The minimum atomic E-state index is 0.854. The Bertz CT molecular complexity index is 3430. The summed E-state index contributed by atoms with van der Waals surface area (Å²) in [6.45, 7) is 0. The number of hydrogen-bond acceptors (Lipinski definition) is 2. The third kappa shape index (κ3) is 4.53. The van der Waals surface area contributed by atoms with Gasteiger partial charge in [0.1, 0.15) is 11.2 Å². The van der Waals surface area contributed by atoms with Gasteiger partial charge in [0.05, 0.1) is 38.8 Å². The van der Waals surface area contributed by atoms with Gasteiger partial charge in [-0.3, -0.25) is 0 Å². The van der Waals surface area contributed by atoms with E-state index in [4.69, 9.17) is 4.42 Å². The van der Waals surface area contributed by atoms with Gasteiger partial charge in [-0.25, -0.2) is 0 Å². The number of nitrogens with zero attached hydrogens (tertiary/aromatic N) is 3. The van der Waals surface area contributed by atoms with Crippen LogP contribution in [0.5, 0.6) is 0 Å². The van der Waals surface area contributed by atoms with Crippen LogP contribution in [0.1, 0.15) is 12.8 Å². The van der Waals surface area contributed by atoms with E-state index in [1.807, 2.05) is 0 Å². The SMILES string of the molecule is C1=C(N(c2cccc3oc4ccccc4c23)c2cccc3c2c2ccccc2n3-c2ccccc2)CCC(n2c3ccccc3c3cc4ccccc4cc32)=C1. The number of benzene rings is 8. The van der Waals surface area contributed by atoms with Crippen LogP contribution in [-0.4, -0.2) is 9.13 Å². The lowest BCUT2D eigenvalue weighted by Gasteiger charge is -2.31. The van der Waals surface area contributed by atoms with E-state index < -0.39 is 0 Å². The van der Waals surface area contributed by atoms with Crippen LogP contribution in [0, 0.1) is 0 Å². The molecular formula is C52H35N3O. The summed E-state index contributed by atoms with van der Waals surface area (Å²) in [5.41, 5.74) is 12.6. The van der Waals surface area contributed by atoms with Crippen molar-refractivity contribution in [3.05, 3.63) is 194 Å². The predicted molar refractivity (Wildman–Crippen MR) is 235 cm³/mol. The van der Waals surface area contributed by atoms with Gasteiger partial charge >= 0.3 is 0 Å². The highest BCUT2D eigenvalue weighted by Crippen LogP contribution is 2.47. The smallest absolute Gasteiger partial charge is 0.137 e. The summed E-state index contributed by atoms with van der Waals surface area (Å²) in [6, 6.07) is 63.5. The maximum Gasteiger partial charge on any atom is 0.137 e. The number of para-hydroxylation sites is 4. The van der Waals surface area contributed by atoms with Gasteiger partial charge in [-0.05, 0) is 102 Å². The maximum absolute atomic E-state index is 6.50. The molecule has 56 heavy (non-hydrogen) atoms. The van der Waals surface area contributed by atoms with Crippen molar-refractivity contribution in [2.75, 3.05) is 4.90 Å². The Labute approximate surface area is 323 Å². The molecule has 8 aromatic carbocycles. The van der Waals surface area contributed by atoms with Crippen LogP contribution in [0.4, 0.5) is 11.4 Å². The van der Waals surface area contributed by atoms with Crippen molar-refractivity contribution in [3.63, 3.8) is 0 Å². The summed E-state index contributed by atoms with van der Waals surface area (Å²) in [4.78, 5) is 2.51. The molecule has 11 aromatic rings. The Kier molecular flexibility index (Phi) is 6.72. The quantitative estimate of drug-likeness (QED) is 0.177. The van der Waals surface area contributed by atoms with Crippen molar-refractivity contribution in [1.82, 2.24) is 9.13 Å². The Hall–Kier alpha value is -7.30. The van der Waals surface area contributed by atoms with Crippen LogP contribution in [0.3, 0.4) is 0 Å². The van der Waals surface area contributed by atoms with Crippen LogP contribution in [0.25, 0.3) is 87.7 Å². The van der Waals surface area contributed by atoms with Crippen LogP contribution >= 0.6 is 0 Å². The van der Waals surface area contributed by atoms with E-state index in [-0.39, 0.29) is 0 Å². The lowest BCUT2D eigenvalue weighted by molar-refractivity contribution is 0.669. The highest BCUT2D eigenvalue weighted by molar-refractivity contribution is 6.19. The predicted octanol–water partition coefficient (Wildman–Crippen LogP) is 14.3. The van der Waals surface area contributed by atoms with Crippen molar-refractivity contribution >= 4 is 93.4 Å². The van der Waals surface area contributed by atoms with E-state index in [1.54, 1.807) is 0 Å². The molecule has 0 saturated carbocycles. The monoisotopic (exact) mass is 717 g/mol. The number of anilines is 2. The molecule has 3 heterocycles. The Balaban J connectivity index is 1.12. The van der Waals surface area contributed by atoms with Gasteiger partial charge in [-0.1, -0.05) is 109 Å². The second-order valence-corrected chi connectivity index (χ2v) is 14.8. The number of fused-ring (bicyclic) bond motifs is 10. The molecule has 0 amide bonds. The topological polar surface area (TPSA) is 26.2 Å². The summed E-state index contributed by atoms with van der Waals surface area (Å²) < 4.78 is 11.4. The first-order chi connectivity index (χ1) is 27.8. The van der Waals surface area contributed by atoms with Crippen molar-refractivity contribution in [2.24, 2.45) is 0 Å². The Morgan fingerprint density at radius 3 is 1.84 bits per heavy atom. The second kappa shape index (κ2) is 12.1. The van der Waals surface area contributed by atoms with Gasteiger partial charge in [-0.15, -0.1) is 0 Å². The van der Waals surface area contributed by atoms with Gasteiger partial charge in [0, 0.05) is 44.0 Å². The molecule has 0 fully saturated rings. The highest BCUT2D eigenvalue weighted by Gasteiger charge is 2.26. The molecule has 4 nitrogen and oxygen atoms in total. The highest BCUT2D eigenvalue weighted by atomic mass is 16.3. The second-order valence-electron chi connectivity index (χ2n) is 14.8. The molecule has 0 radical (unpaired) electrons. The molecule has 1 aliphatic rings. The molecule has 0 unspecified atom stereocenters. The van der Waals surface area contributed by atoms with Crippen molar-refractivity contribution in [3.8, 4) is 5.69 Å². The number of hydrogen-bond donors (Lipinski definition) is 0. The fourth-order valence-corrected chi connectivity index (χ4v) is 9.38. The number of allylic oxidation sites excluding steroid dienone is 4. The fourth-order valence-electron chi connectivity index (χ4n) is 9.38. The van der Waals surface area contributed by atoms with Gasteiger partial charge in [0.25, 0.3) is 0 Å². The van der Waals surface area contributed by atoms with Gasteiger partial charge < -0.3 is 18.5 Å². The van der Waals surface area contributed by atoms with E-state index in [0.717, 1.165) is 51.8 Å². The van der Waals surface area contributed by atoms with E-state index in [1.165, 1.54) is 65.8 Å². The third-order valence-corrected chi connectivity index (χ3v) is 11.8. The molecule has 0 bridgehead atoms. The maximum atomic E-state index is 6.50. The molecular weight excluding hydrogens is 683 g/mol. The molecule has 0 saturated heterocycles. The largest absolute Gasteiger partial charge is 0.456 e. The summed E-state index contributed by atoms with van der Waals surface area (Å²) >= 11 is 0. The number of aromatic nitrogens is 2. The molecule has 0 N–H and O–H groups in total. The van der Waals surface area contributed by atoms with Crippen molar-refractivity contribution < 1.29 is 4.42 Å². The third-order valence-electron chi connectivity index (χ3n) is 11.8. The molecule has 3 aromatic heterocycles. The first-order valence-electron chi connectivity index (χ1n) is 19.4. The fraction of sp³-hybridized carbons (Fsp3) is 0.0385. The average molecular weight is 718 g/mol. The van der Waals surface area contributed by atoms with Gasteiger partial charge in [-0.2, -0.15) is 0 Å². The van der Waals surface area contributed by atoms with Crippen LogP contribution < -0.4 is 4.90 Å². The van der Waals surface area contributed by atoms with Crippen molar-refractivity contribution in [2.45, 2.75) is 12.8 Å². The summed E-state index contributed by atoms with van der Waals surface area (Å²) in [5, 5.41) is 9.78. The molecule has 0 spiro atoms. The number of rotatable bonds is 5. The normalized spacial score (nSPS) is 13.4. The van der Waals surface area contributed by atoms with E-state index >= 15 is 0 Å². The molecule has 264 valence electrons. The van der Waals surface area contributed by atoms with Crippen molar-refractivity contribution in [1.29, 1.82) is 0 Å². The molecule has 0 atom stereocenters. The first-order valence-corrected chi connectivity index (χ1v) is 19.4. The lowest BCUT2D eigenvalue weighted by Crippen LogP contribution is -2.19. The average Bonchev–Trinajstić information content (AvgIpc) is 3.92. The molecule has 1 aliphatic carbocycles. The summed E-state index contributed by atoms with van der Waals surface area (Å²) in [5.74, 6) is 0. The lowest BCUT2D eigenvalue weighted by atomic mass is 10.0. The first kappa shape index (κ1) is 31.1. The minimum absolute atomic E-state index is 0.854. The van der Waals surface area contributed by atoms with E-state index in [2.05, 4.69) is 202 Å². The van der Waals surface area contributed by atoms with Crippen LogP contribution in [-0.2, 0) is 0 Å². The summed E-state index contributed by atoms with van der Waals surface area (Å²) in [7, 11) is 0. The van der Waals surface area contributed by atoms with E-state index in [0.29, 0.717) is 0 Å².